The number of anilines is 2. The lowest BCUT2D eigenvalue weighted by atomic mass is 10.1. The Bertz CT molecular complexity index is 1310. The van der Waals surface area contributed by atoms with Crippen LogP contribution in [0.15, 0.2) is 40.3 Å². The van der Waals surface area contributed by atoms with Crippen molar-refractivity contribution in [2.24, 2.45) is 7.05 Å². The quantitative estimate of drug-likeness (QED) is 0.494. The molecule has 1 aromatic carbocycles. The minimum Gasteiger partial charge on any atom is -0.372 e. The van der Waals surface area contributed by atoms with Gasteiger partial charge in [0.05, 0.1) is 28.1 Å². The zero-order chi connectivity index (χ0) is 23.1. The lowest BCUT2D eigenvalue weighted by Gasteiger charge is -2.23. The van der Waals surface area contributed by atoms with E-state index in [1.807, 2.05) is 13.8 Å². The van der Waals surface area contributed by atoms with E-state index in [2.05, 4.69) is 20.6 Å². The van der Waals surface area contributed by atoms with Crippen LogP contribution >= 0.6 is 0 Å². The van der Waals surface area contributed by atoms with Crippen LogP contribution in [0.3, 0.4) is 0 Å². The summed E-state index contributed by atoms with van der Waals surface area (Å²) >= 11 is 0. The topological polar surface area (TPSA) is 126 Å². The predicted octanol–water partition coefficient (Wildman–Crippen LogP) is 2.36. The lowest BCUT2D eigenvalue weighted by Crippen LogP contribution is -2.30. The van der Waals surface area contributed by atoms with Gasteiger partial charge in [-0.25, -0.2) is 18.4 Å². The van der Waals surface area contributed by atoms with Crippen LogP contribution in [0.5, 0.6) is 0 Å². The Morgan fingerprint density at radius 1 is 1.19 bits per heavy atom. The molecule has 2 aromatic heterocycles. The van der Waals surface area contributed by atoms with E-state index in [1.54, 1.807) is 25.2 Å². The normalized spacial score (nSPS) is 12.4. The molecular formula is C21H27N5O4S. The summed E-state index contributed by atoms with van der Waals surface area (Å²) in [4.78, 5) is 21.7. The Labute approximate surface area is 181 Å². The van der Waals surface area contributed by atoms with Crippen molar-refractivity contribution in [2.45, 2.75) is 44.4 Å². The molecule has 3 aromatic rings. The van der Waals surface area contributed by atoms with Crippen LogP contribution in [0, 0.1) is 0 Å². The van der Waals surface area contributed by atoms with Crippen molar-refractivity contribution in [2.75, 3.05) is 16.9 Å². The minimum atomic E-state index is -3.61. The molecule has 0 amide bonds. The number of benzene rings is 1. The number of nitrogens with one attached hydrogen (secondary N) is 2. The number of hydrogen-bond donors (Lipinski definition) is 3. The van der Waals surface area contributed by atoms with Gasteiger partial charge in [0.25, 0.3) is 5.56 Å². The second-order valence-corrected chi connectivity index (χ2v) is 10.4. The maximum Gasteiger partial charge on any atom is 0.264 e. The van der Waals surface area contributed by atoms with Crippen LogP contribution in [0.25, 0.3) is 22.2 Å². The van der Waals surface area contributed by atoms with Crippen molar-refractivity contribution >= 4 is 32.2 Å². The molecule has 0 aliphatic carbocycles. The fraction of sp³-hybridized carbons (Fsp3) is 0.381. The first-order valence-corrected chi connectivity index (χ1v) is 11.6. The van der Waals surface area contributed by atoms with Gasteiger partial charge in [0.2, 0.25) is 0 Å². The zero-order valence-corrected chi connectivity index (χ0v) is 19.2. The van der Waals surface area contributed by atoms with Crippen molar-refractivity contribution in [3.63, 3.8) is 0 Å². The van der Waals surface area contributed by atoms with Gasteiger partial charge in [-0.1, -0.05) is 6.07 Å². The monoisotopic (exact) mass is 445 g/mol. The fourth-order valence-electron chi connectivity index (χ4n) is 3.17. The van der Waals surface area contributed by atoms with Gasteiger partial charge in [-0.15, -0.1) is 0 Å². The third-order valence-electron chi connectivity index (χ3n) is 4.45. The summed E-state index contributed by atoms with van der Waals surface area (Å²) < 4.78 is 26.2. The molecule has 3 rings (SSSR count). The molecule has 0 spiro atoms. The molecule has 9 nitrogen and oxygen atoms in total. The first-order chi connectivity index (χ1) is 14.3. The maximum absolute atomic E-state index is 12.7. The van der Waals surface area contributed by atoms with Gasteiger partial charge in [0.1, 0.15) is 16.9 Å². The van der Waals surface area contributed by atoms with E-state index in [4.69, 9.17) is 0 Å². The maximum atomic E-state index is 12.7. The number of aliphatic hydroxyl groups is 1. The summed E-state index contributed by atoms with van der Waals surface area (Å²) in [6, 6.07) is 6.46. The second-order valence-electron chi connectivity index (χ2n) is 8.38. The first kappa shape index (κ1) is 22.7. The van der Waals surface area contributed by atoms with Crippen LogP contribution in [-0.4, -0.2) is 46.1 Å². The van der Waals surface area contributed by atoms with Crippen molar-refractivity contribution in [1.82, 2.24) is 14.5 Å². The van der Waals surface area contributed by atoms with E-state index < -0.39 is 15.6 Å². The van der Waals surface area contributed by atoms with E-state index in [9.17, 15) is 18.3 Å². The molecule has 0 aliphatic heterocycles. The highest BCUT2D eigenvalue weighted by Crippen LogP contribution is 2.31. The first-order valence-electron chi connectivity index (χ1n) is 9.74. The van der Waals surface area contributed by atoms with Gasteiger partial charge in [-0.2, -0.15) is 0 Å². The molecule has 0 radical (unpaired) electrons. The number of aryl methyl sites for hydroxylation is 1. The van der Waals surface area contributed by atoms with Crippen LogP contribution in [0.1, 0.15) is 27.7 Å². The fourth-order valence-corrected chi connectivity index (χ4v) is 4.03. The van der Waals surface area contributed by atoms with Gasteiger partial charge in [-0.3, -0.25) is 4.79 Å². The summed E-state index contributed by atoms with van der Waals surface area (Å²) in [7, 11) is -1.99. The largest absolute Gasteiger partial charge is 0.372 e. The van der Waals surface area contributed by atoms with E-state index in [1.165, 1.54) is 30.8 Å². The molecule has 0 fully saturated rings. The highest BCUT2D eigenvalue weighted by atomic mass is 32.2. The van der Waals surface area contributed by atoms with Gasteiger partial charge in [-0.05, 0) is 45.9 Å². The third-order valence-corrected chi connectivity index (χ3v) is 5.58. The molecular weight excluding hydrogens is 418 g/mol. The summed E-state index contributed by atoms with van der Waals surface area (Å²) in [5.41, 5.74) is 0.214. The average Bonchev–Trinajstić information content (AvgIpc) is 2.62. The standard InChI is InChI=1S/C21H27N5O4S/c1-12(2)23-19-18-16(22-11-26(5)20(18)27)10-15(24-19)13-7-8-14(25-21(3,4)28)17(9-13)31(6,29)30/h7-12,25,28H,1-6H3,(H,23,24). The van der Waals surface area contributed by atoms with Crippen molar-refractivity contribution in [3.05, 3.63) is 40.9 Å². The smallest absolute Gasteiger partial charge is 0.264 e. The molecule has 0 saturated carbocycles. The summed E-state index contributed by atoms with van der Waals surface area (Å²) in [6.07, 6.45) is 2.54. The number of pyridine rings is 1. The van der Waals surface area contributed by atoms with Gasteiger partial charge >= 0.3 is 0 Å². The van der Waals surface area contributed by atoms with Crippen molar-refractivity contribution in [3.8, 4) is 11.3 Å². The number of nitrogens with zero attached hydrogens (tertiary/aromatic N) is 3. The lowest BCUT2D eigenvalue weighted by molar-refractivity contribution is 0.111. The van der Waals surface area contributed by atoms with Crippen LogP contribution in [0.4, 0.5) is 11.5 Å². The van der Waals surface area contributed by atoms with Crippen molar-refractivity contribution in [1.29, 1.82) is 0 Å². The van der Waals surface area contributed by atoms with E-state index in [0.717, 1.165) is 6.26 Å². The summed E-state index contributed by atoms with van der Waals surface area (Å²) in [5, 5.41) is 16.4. The number of rotatable bonds is 6. The number of aromatic nitrogens is 3. The summed E-state index contributed by atoms with van der Waals surface area (Å²) in [5.74, 6) is 0.385. The Hall–Kier alpha value is -2.98. The molecule has 166 valence electrons. The third kappa shape index (κ3) is 5.02. The van der Waals surface area contributed by atoms with Gasteiger partial charge in [0, 0.05) is 24.9 Å². The number of sulfone groups is 1. The minimum absolute atomic E-state index is 0.0146. The molecule has 31 heavy (non-hydrogen) atoms. The Kier molecular flexibility index (Phi) is 5.81. The van der Waals surface area contributed by atoms with Crippen LogP contribution < -0.4 is 16.2 Å². The summed E-state index contributed by atoms with van der Waals surface area (Å²) in [6.45, 7) is 6.90. The zero-order valence-electron chi connectivity index (χ0n) is 18.4. The van der Waals surface area contributed by atoms with E-state index >= 15 is 0 Å². The van der Waals surface area contributed by atoms with Crippen molar-refractivity contribution < 1.29 is 13.5 Å². The predicted molar refractivity (Wildman–Crippen MR) is 122 cm³/mol. The van der Waals surface area contributed by atoms with Gasteiger partial charge < -0.3 is 20.3 Å². The van der Waals surface area contributed by atoms with E-state index in [0.29, 0.717) is 28.0 Å². The average molecular weight is 446 g/mol. The second kappa shape index (κ2) is 7.93. The highest BCUT2D eigenvalue weighted by Gasteiger charge is 2.21. The molecule has 0 atom stereocenters. The number of fused-ring (bicyclic) bond motifs is 1. The Morgan fingerprint density at radius 3 is 2.45 bits per heavy atom. The molecule has 0 saturated heterocycles. The Morgan fingerprint density at radius 2 is 1.87 bits per heavy atom. The van der Waals surface area contributed by atoms with Gasteiger partial charge in [0.15, 0.2) is 9.84 Å². The SMILES string of the molecule is CC(C)Nc1nc(-c2ccc(NC(C)(C)O)c(S(C)(=O)=O)c2)cc2ncn(C)c(=O)c12. The van der Waals surface area contributed by atoms with Crippen LogP contribution in [-0.2, 0) is 16.9 Å². The molecule has 2 heterocycles. The van der Waals surface area contributed by atoms with E-state index in [-0.39, 0.29) is 22.2 Å². The molecule has 0 aliphatic rings. The molecule has 0 bridgehead atoms. The Balaban J connectivity index is 2.26. The molecule has 3 N–H and O–H groups in total. The number of hydrogen-bond acceptors (Lipinski definition) is 8. The molecule has 0 unspecified atom stereocenters. The highest BCUT2D eigenvalue weighted by molar-refractivity contribution is 7.90. The molecule has 10 heteroatoms. The van der Waals surface area contributed by atoms with Crippen LogP contribution in [0.2, 0.25) is 0 Å².